The molecule has 0 aliphatic rings. The van der Waals surface area contributed by atoms with E-state index in [1.54, 1.807) is 11.3 Å². The Bertz CT molecular complexity index is 3390. The largest absolute Gasteiger partial charge is 0.309 e. The fraction of sp³-hybridized carbons (Fsp3) is 0. The van der Waals surface area contributed by atoms with Gasteiger partial charge in [-0.3, -0.25) is 8.80 Å². The lowest BCUT2D eigenvalue weighted by Crippen LogP contribution is -1.97. The third-order valence-electron chi connectivity index (χ3n) is 10.6. The molecule has 0 aliphatic carbocycles. The molecule has 5 heterocycles. The average molecular weight is 670 g/mol. The van der Waals surface area contributed by atoms with Crippen molar-refractivity contribution in [1.29, 1.82) is 0 Å². The van der Waals surface area contributed by atoms with Crippen LogP contribution in [0.3, 0.4) is 0 Å². The molecule has 0 N–H and O–H groups in total. The molecule has 0 atom stereocenters. The SMILES string of the molecule is c1ccc2c(c1)cc1sc3nc4ccccc4n3c3ccc(-n4c5ccccc5c5cc(-n6c7ccccc7c7ccccc76)ccc54)cc3n12. The molecule has 0 spiro atoms. The summed E-state index contributed by atoms with van der Waals surface area (Å²) in [7, 11) is 0. The topological polar surface area (TPSA) is 31.6 Å². The van der Waals surface area contributed by atoms with Crippen LogP contribution in [0, 0.1) is 0 Å². The standard InChI is InChI=1S/C45H27N5S/c1-6-16-36-28(11-1)25-44-49(36)43-27-30(22-24-42(43)50-41-20-10-5-15-35(41)46-45(50)51-44)48-39-19-9-4-14-33(39)34-26-29(21-23-40(34)48)47-37-17-7-2-12-31(37)32-13-3-8-18-38(32)47/h1-27H. The van der Waals surface area contributed by atoms with Crippen LogP contribution in [-0.4, -0.2) is 22.9 Å². The third-order valence-corrected chi connectivity index (χ3v) is 11.6. The molecule has 51 heavy (non-hydrogen) atoms. The molecular formula is C45H27N5S. The van der Waals surface area contributed by atoms with Gasteiger partial charge in [-0.05, 0) is 78.9 Å². The highest BCUT2D eigenvalue weighted by molar-refractivity contribution is 7.22. The van der Waals surface area contributed by atoms with Gasteiger partial charge in [0.05, 0.1) is 49.7 Å². The smallest absolute Gasteiger partial charge is 0.197 e. The molecule has 6 heteroatoms. The molecule has 0 saturated carbocycles. The maximum atomic E-state index is 5.11. The highest BCUT2D eigenvalue weighted by Crippen LogP contribution is 2.38. The summed E-state index contributed by atoms with van der Waals surface area (Å²) >= 11 is 1.73. The Kier molecular flexibility index (Phi) is 5.32. The number of aromatic nitrogens is 5. The maximum absolute atomic E-state index is 5.11. The number of rotatable bonds is 2. The van der Waals surface area contributed by atoms with Crippen molar-refractivity contribution in [1.82, 2.24) is 22.9 Å². The lowest BCUT2D eigenvalue weighted by atomic mass is 10.1. The highest BCUT2D eigenvalue weighted by Gasteiger charge is 2.18. The quantitative estimate of drug-likeness (QED) is 0.180. The van der Waals surface area contributed by atoms with Crippen molar-refractivity contribution in [3.05, 3.63) is 164 Å². The Hall–Kier alpha value is -6.63. The van der Waals surface area contributed by atoms with Crippen LogP contribution in [0.15, 0.2) is 164 Å². The van der Waals surface area contributed by atoms with Crippen molar-refractivity contribution in [3.63, 3.8) is 0 Å². The summed E-state index contributed by atoms with van der Waals surface area (Å²) in [5, 5.41) is 6.21. The second kappa shape index (κ2) is 9.97. The summed E-state index contributed by atoms with van der Waals surface area (Å²) in [6.07, 6.45) is 0. The van der Waals surface area contributed by atoms with Gasteiger partial charge in [-0.25, -0.2) is 4.98 Å². The number of hydrogen-bond acceptors (Lipinski definition) is 2. The van der Waals surface area contributed by atoms with Gasteiger partial charge in [0.1, 0.15) is 4.83 Å². The first kappa shape index (κ1) is 27.2. The number of benzene rings is 7. The van der Waals surface area contributed by atoms with E-state index < -0.39 is 0 Å². The number of para-hydroxylation sites is 6. The molecule has 0 aliphatic heterocycles. The van der Waals surface area contributed by atoms with Crippen molar-refractivity contribution < 1.29 is 0 Å². The van der Waals surface area contributed by atoms with Gasteiger partial charge in [-0.1, -0.05) is 96.3 Å². The first-order valence-corrected chi connectivity index (χ1v) is 18.0. The molecular weight excluding hydrogens is 643 g/mol. The normalized spacial score (nSPS) is 12.3. The van der Waals surface area contributed by atoms with Crippen LogP contribution in [0.2, 0.25) is 0 Å². The van der Waals surface area contributed by atoms with Gasteiger partial charge in [-0.2, -0.15) is 0 Å². The zero-order valence-electron chi connectivity index (χ0n) is 27.2. The molecule has 0 amide bonds. The number of nitrogens with zero attached hydrogens (tertiary/aromatic N) is 5. The summed E-state index contributed by atoms with van der Waals surface area (Å²) < 4.78 is 9.57. The minimum Gasteiger partial charge on any atom is -0.309 e. The predicted molar refractivity (Wildman–Crippen MR) is 214 cm³/mol. The Morgan fingerprint density at radius 2 is 0.902 bits per heavy atom. The summed E-state index contributed by atoms with van der Waals surface area (Å²) in [5.41, 5.74) is 12.6. The van der Waals surface area contributed by atoms with Gasteiger partial charge in [0.25, 0.3) is 0 Å². The van der Waals surface area contributed by atoms with Gasteiger partial charge < -0.3 is 9.13 Å². The monoisotopic (exact) mass is 669 g/mol. The Morgan fingerprint density at radius 1 is 0.373 bits per heavy atom. The zero-order valence-corrected chi connectivity index (χ0v) is 28.0. The molecule has 0 unspecified atom stereocenters. The molecule has 0 fully saturated rings. The number of fused-ring (bicyclic) bond motifs is 15. The van der Waals surface area contributed by atoms with E-state index in [4.69, 9.17) is 4.98 Å². The van der Waals surface area contributed by atoms with Gasteiger partial charge in [0.15, 0.2) is 4.96 Å². The van der Waals surface area contributed by atoms with Crippen molar-refractivity contribution in [2.45, 2.75) is 0 Å². The van der Waals surface area contributed by atoms with E-state index in [9.17, 15) is 0 Å². The van der Waals surface area contributed by atoms with Crippen LogP contribution in [0.25, 0.3) is 97.7 Å². The van der Waals surface area contributed by atoms with E-state index in [2.05, 4.69) is 182 Å². The van der Waals surface area contributed by atoms with E-state index >= 15 is 0 Å². The molecule has 5 nitrogen and oxygen atoms in total. The first-order valence-electron chi connectivity index (χ1n) is 17.2. The van der Waals surface area contributed by atoms with E-state index in [0.29, 0.717) is 0 Å². The third kappa shape index (κ3) is 3.66. The van der Waals surface area contributed by atoms with Crippen molar-refractivity contribution in [2.24, 2.45) is 0 Å². The number of hydrogen-bond donors (Lipinski definition) is 0. The Morgan fingerprint density at radius 3 is 1.61 bits per heavy atom. The Balaban J connectivity index is 1.18. The van der Waals surface area contributed by atoms with Gasteiger partial charge >= 0.3 is 0 Å². The zero-order chi connectivity index (χ0) is 33.2. The first-order chi connectivity index (χ1) is 25.3. The summed E-state index contributed by atoms with van der Waals surface area (Å²) in [6, 6.07) is 59.5. The average Bonchev–Trinajstić information content (AvgIpc) is 3.90. The van der Waals surface area contributed by atoms with Gasteiger partial charge in [0.2, 0.25) is 0 Å². The highest BCUT2D eigenvalue weighted by atomic mass is 32.1. The molecule has 0 saturated heterocycles. The van der Waals surface area contributed by atoms with E-state index in [-0.39, 0.29) is 0 Å². The van der Waals surface area contributed by atoms with Crippen LogP contribution in [0.1, 0.15) is 0 Å². The van der Waals surface area contributed by atoms with Crippen molar-refractivity contribution in [3.8, 4) is 11.4 Å². The molecule has 0 bridgehead atoms. The summed E-state index contributed by atoms with van der Waals surface area (Å²) in [4.78, 5) is 7.24. The second-order valence-electron chi connectivity index (χ2n) is 13.3. The lowest BCUT2D eigenvalue weighted by Gasteiger charge is -2.11. The van der Waals surface area contributed by atoms with Crippen molar-refractivity contribution >= 4 is 97.7 Å². The summed E-state index contributed by atoms with van der Waals surface area (Å²) in [5.74, 6) is 0. The van der Waals surface area contributed by atoms with Crippen LogP contribution in [0.4, 0.5) is 0 Å². The lowest BCUT2D eigenvalue weighted by molar-refractivity contribution is 1.16. The van der Waals surface area contributed by atoms with Crippen LogP contribution < -0.4 is 0 Å². The van der Waals surface area contributed by atoms with Crippen LogP contribution in [0.5, 0.6) is 0 Å². The molecule has 12 aromatic rings. The van der Waals surface area contributed by atoms with E-state index in [0.717, 1.165) is 43.2 Å². The fourth-order valence-electron chi connectivity index (χ4n) is 8.45. The maximum Gasteiger partial charge on any atom is 0.197 e. The predicted octanol–water partition coefficient (Wildman–Crippen LogP) is 11.9. The van der Waals surface area contributed by atoms with Crippen LogP contribution in [-0.2, 0) is 0 Å². The second-order valence-corrected chi connectivity index (χ2v) is 14.3. The minimum absolute atomic E-state index is 0.973. The van der Waals surface area contributed by atoms with Crippen LogP contribution >= 0.6 is 11.3 Å². The molecule has 0 radical (unpaired) electrons. The fourth-order valence-corrected chi connectivity index (χ4v) is 9.54. The Labute approximate surface area is 294 Å². The van der Waals surface area contributed by atoms with E-state index in [1.807, 2.05) is 0 Å². The molecule has 5 aromatic heterocycles. The summed E-state index contributed by atoms with van der Waals surface area (Å²) in [6.45, 7) is 0. The van der Waals surface area contributed by atoms with E-state index in [1.165, 1.54) is 54.5 Å². The molecule has 238 valence electrons. The van der Waals surface area contributed by atoms with Crippen molar-refractivity contribution in [2.75, 3.05) is 0 Å². The molecule has 12 rings (SSSR count). The molecule has 7 aromatic carbocycles. The van der Waals surface area contributed by atoms with Gasteiger partial charge in [-0.15, -0.1) is 0 Å². The van der Waals surface area contributed by atoms with Gasteiger partial charge in [0, 0.05) is 38.3 Å². The minimum atomic E-state index is 0.973. The number of imidazole rings is 1.